The van der Waals surface area contributed by atoms with Gasteiger partial charge in [0.1, 0.15) is 0 Å². The second-order valence-electron chi connectivity index (χ2n) is 4.55. The van der Waals surface area contributed by atoms with E-state index in [1.54, 1.807) is 0 Å². The Morgan fingerprint density at radius 3 is 2.58 bits per heavy atom. The van der Waals surface area contributed by atoms with Gasteiger partial charge >= 0.3 is 12.1 Å². The Hall–Kier alpha value is -1.63. The second-order valence-corrected chi connectivity index (χ2v) is 5.32. The Morgan fingerprint density at radius 2 is 2.05 bits per heavy atom. The third kappa shape index (κ3) is 2.07. The molecule has 1 saturated carbocycles. The zero-order valence-electron chi connectivity index (χ0n) is 9.49. The molecule has 0 unspecified atom stereocenters. The lowest BCUT2D eigenvalue weighted by Gasteiger charge is -2.08. The maximum atomic E-state index is 12.8. The second kappa shape index (κ2) is 3.93. The Balaban J connectivity index is 2.30. The van der Waals surface area contributed by atoms with Crippen molar-refractivity contribution in [2.24, 2.45) is 0 Å². The van der Waals surface area contributed by atoms with E-state index in [1.807, 2.05) is 0 Å². The molecule has 3 rings (SSSR count). The van der Waals surface area contributed by atoms with Crippen LogP contribution < -0.4 is 0 Å². The quantitative estimate of drug-likeness (QED) is 0.911. The van der Waals surface area contributed by atoms with Gasteiger partial charge in [-0.15, -0.1) is 0 Å². The molecule has 2 aromatic rings. The van der Waals surface area contributed by atoms with Crippen molar-refractivity contribution >= 4 is 27.6 Å². The molecule has 0 atom stereocenters. The van der Waals surface area contributed by atoms with Gasteiger partial charge < -0.3 is 5.11 Å². The van der Waals surface area contributed by atoms with Crippen molar-refractivity contribution in [3.63, 3.8) is 0 Å². The lowest BCUT2D eigenvalue weighted by atomic mass is 10.0. The number of aromatic nitrogens is 1. The summed E-state index contributed by atoms with van der Waals surface area (Å²) in [4.78, 5) is 11.1. The third-order valence-electron chi connectivity index (χ3n) is 3.12. The summed E-state index contributed by atoms with van der Waals surface area (Å²) in [5.74, 6) is -1.18. The molecule has 1 heterocycles. The minimum Gasteiger partial charge on any atom is -0.478 e. The van der Waals surface area contributed by atoms with Crippen LogP contribution in [0.25, 0.3) is 10.1 Å². The van der Waals surface area contributed by atoms with Gasteiger partial charge in [-0.25, -0.2) is 4.79 Å². The van der Waals surface area contributed by atoms with Crippen molar-refractivity contribution in [3.8, 4) is 0 Å². The first-order valence-electron chi connectivity index (χ1n) is 5.61. The molecule has 1 aromatic carbocycles. The number of hydrogen-bond acceptors (Lipinski definition) is 3. The Labute approximate surface area is 109 Å². The van der Waals surface area contributed by atoms with E-state index in [0.29, 0.717) is 21.8 Å². The van der Waals surface area contributed by atoms with E-state index in [2.05, 4.69) is 4.37 Å². The van der Waals surface area contributed by atoms with E-state index >= 15 is 0 Å². The highest BCUT2D eigenvalue weighted by atomic mass is 32.1. The van der Waals surface area contributed by atoms with Gasteiger partial charge in [0.05, 0.1) is 21.5 Å². The number of alkyl halides is 3. The lowest BCUT2D eigenvalue weighted by molar-refractivity contribution is -0.137. The van der Waals surface area contributed by atoms with Crippen LogP contribution in [0.5, 0.6) is 0 Å². The van der Waals surface area contributed by atoms with E-state index in [9.17, 15) is 18.0 Å². The number of hydrogen-bond donors (Lipinski definition) is 1. The third-order valence-corrected chi connectivity index (χ3v) is 4.03. The van der Waals surface area contributed by atoms with Gasteiger partial charge in [0.15, 0.2) is 0 Å². The van der Waals surface area contributed by atoms with Gasteiger partial charge in [0.2, 0.25) is 0 Å². The molecule has 0 amide bonds. The van der Waals surface area contributed by atoms with Crippen LogP contribution in [0.3, 0.4) is 0 Å². The van der Waals surface area contributed by atoms with Crippen LogP contribution in [0.2, 0.25) is 0 Å². The maximum absolute atomic E-state index is 12.8. The molecule has 100 valence electrons. The summed E-state index contributed by atoms with van der Waals surface area (Å²) in [7, 11) is 0. The van der Waals surface area contributed by atoms with Gasteiger partial charge in [0.25, 0.3) is 0 Å². The molecule has 1 N–H and O–H groups in total. The largest absolute Gasteiger partial charge is 0.478 e. The first-order valence-corrected chi connectivity index (χ1v) is 6.39. The summed E-state index contributed by atoms with van der Waals surface area (Å²) < 4.78 is 42.9. The van der Waals surface area contributed by atoms with E-state index in [4.69, 9.17) is 5.11 Å². The number of nitrogens with zero attached hydrogens (tertiary/aromatic N) is 1. The van der Waals surface area contributed by atoms with Crippen LogP contribution in [0.15, 0.2) is 12.1 Å². The summed E-state index contributed by atoms with van der Waals surface area (Å²) in [5.41, 5.74) is -0.651. The SMILES string of the molecule is O=C(O)c1cc(C(F)(F)F)cc2c(C3CC3)nsc12. The number of carboxylic acids is 1. The fourth-order valence-corrected chi connectivity index (χ4v) is 2.98. The molecular formula is C12H8F3NO2S. The highest BCUT2D eigenvalue weighted by Crippen LogP contribution is 2.45. The van der Waals surface area contributed by atoms with Gasteiger partial charge in [-0.1, -0.05) is 0 Å². The average molecular weight is 287 g/mol. The molecule has 1 aliphatic rings. The predicted molar refractivity (Wildman–Crippen MR) is 63.6 cm³/mol. The Morgan fingerprint density at radius 1 is 1.37 bits per heavy atom. The fourth-order valence-electron chi connectivity index (χ4n) is 2.04. The number of rotatable bonds is 2. The van der Waals surface area contributed by atoms with E-state index in [0.717, 1.165) is 30.4 Å². The van der Waals surface area contributed by atoms with Gasteiger partial charge in [-0.3, -0.25) is 0 Å². The van der Waals surface area contributed by atoms with Crippen molar-refractivity contribution in [2.45, 2.75) is 24.9 Å². The Bertz CT molecular complexity index is 673. The van der Waals surface area contributed by atoms with Crippen molar-refractivity contribution in [2.75, 3.05) is 0 Å². The number of fused-ring (bicyclic) bond motifs is 1. The number of aromatic carboxylic acids is 1. The molecule has 0 radical (unpaired) electrons. The number of carbonyl (C=O) groups is 1. The standard InChI is InChI=1S/C12H8F3NO2S/c13-12(14,15)6-3-7-9(5-1-2-5)16-19-10(7)8(4-6)11(17)18/h3-5H,1-2H2,(H,17,18). The topological polar surface area (TPSA) is 50.2 Å². The molecule has 0 saturated heterocycles. The van der Waals surface area contributed by atoms with E-state index in [1.165, 1.54) is 0 Å². The van der Waals surface area contributed by atoms with Gasteiger partial charge in [0, 0.05) is 11.3 Å². The summed E-state index contributed by atoms with van der Waals surface area (Å²) >= 11 is 0.958. The zero-order chi connectivity index (χ0) is 13.8. The highest BCUT2D eigenvalue weighted by molar-refractivity contribution is 7.13. The van der Waals surface area contributed by atoms with Crippen LogP contribution in [-0.4, -0.2) is 15.4 Å². The van der Waals surface area contributed by atoms with E-state index in [-0.39, 0.29) is 11.5 Å². The minimum atomic E-state index is -4.55. The molecular weight excluding hydrogens is 279 g/mol. The van der Waals surface area contributed by atoms with Crippen molar-refractivity contribution < 1.29 is 23.1 Å². The molecule has 3 nitrogen and oxygen atoms in total. The summed E-state index contributed by atoms with van der Waals surface area (Å²) in [5, 5.41) is 9.38. The average Bonchev–Trinajstić information content (AvgIpc) is 3.06. The summed E-state index contributed by atoms with van der Waals surface area (Å²) in [6, 6.07) is 1.69. The van der Waals surface area contributed by atoms with Crippen LogP contribution in [-0.2, 0) is 6.18 Å². The summed E-state index contributed by atoms with van der Waals surface area (Å²) in [6.07, 6.45) is -2.75. The molecule has 1 aromatic heterocycles. The van der Waals surface area contributed by atoms with Crippen LogP contribution in [0.4, 0.5) is 13.2 Å². The molecule has 1 fully saturated rings. The lowest BCUT2D eigenvalue weighted by Crippen LogP contribution is -2.07. The highest BCUT2D eigenvalue weighted by Gasteiger charge is 2.35. The van der Waals surface area contributed by atoms with Crippen molar-refractivity contribution in [3.05, 3.63) is 29.0 Å². The normalized spacial score (nSPS) is 15.9. The zero-order valence-corrected chi connectivity index (χ0v) is 10.3. The Kier molecular flexibility index (Phi) is 2.57. The van der Waals surface area contributed by atoms with Crippen LogP contribution in [0.1, 0.15) is 40.4 Å². The first-order chi connectivity index (χ1) is 8.88. The van der Waals surface area contributed by atoms with Crippen LogP contribution >= 0.6 is 11.5 Å². The number of carboxylic acid groups (broad SMARTS) is 1. The predicted octanol–water partition coefficient (Wildman–Crippen LogP) is 3.89. The molecule has 0 bridgehead atoms. The molecule has 0 spiro atoms. The maximum Gasteiger partial charge on any atom is 0.416 e. The molecule has 0 aliphatic heterocycles. The molecule has 7 heteroatoms. The first kappa shape index (κ1) is 12.4. The van der Waals surface area contributed by atoms with Crippen molar-refractivity contribution in [1.82, 2.24) is 4.37 Å². The summed E-state index contributed by atoms with van der Waals surface area (Å²) in [6.45, 7) is 0. The van der Waals surface area contributed by atoms with Crippen LogP contribution in [0, 0.1) is 0 Å². The minimum absolute atomic E-state index is 0.180. The number of halogens is 3. The fraction of sp³-hybridized carbons (Fsp3) is 0.333. The van der Waals surface area contributed by atoms with Gasteiger partial charge in [-0.05, 0) is 36.5 Å². The van der Waals surface area contributed by atoms with Crippen molar-refractivity contribution in [1.29, 1.82) is 0 Å². The number of benzene rings is 1. The molecule has 1 aliphatic carbocycles. The van der Waals surface area contributed by atoms with Gasteiger partial charge in [-0.2, -0.15) is 17.5 Å². The smallest absolute Gasteiger partial charge is 0.416 e. The monoisotopic (exact) mass is 287 g/mol. The molecule has 19 heavy (non-hydrogen) atoms. The van der Waals surface area contributed by atoms with E-state index < -0.39 is 17.7 Å².